The van der Waals surface area contributed by atoms with Crippen LogP contribution in [0.25, 0.3) is 0 Å². The van der Waals surface area contributed by atoms with E-state index >= 15 is 0 Å². The largest absolute Gasteiger partial charge is 0.485 e. The Kier molecular flexibility index (Phi) is 4.65. The summed E-state index contributed by atoms with van der Waals surface area (Å²) < 4.78 is 5.80. The van der Waals surface area contributed by atoms with E-state index in [1.54, 1.807) is 11.3 Å². The van der Waals surface area contributed by atoms with Crippen LogP contribution in [0.5, 0.6) is 5.75 Å². The van der Waals surface area contributed by atoms with Gasteiger partial charge in [-0.05, 0) is 19.9 Å². The van der Waals surface area contributed by atoms with Gasteiger partial charge >= 0.3 is 0 Å². The van der Waals surface area contributed by atoms with Crippen LogP contribution in [-0.4, -0.2) is 4.98 Å². The molecule has 0 aliphatic carbocycles. The molecule has 2 aromatic rings. The lowest BCUT2D eigenvalue weighted by atomic mass is 10.2. The molecule has 2 rings (SSSR count). The lowest BCUT2D eigenvalue weighted by Crippen LogP contribution is -1.98. The van der Waals surface area contributed by atoms with Gasteiger partial charge < -0.3 is 4.74 Å². The highest BCUT2D eigenvalue weighted by Crippen LogP contribution is 2.31. The molecule has 96 valence electrons. The van der Waals surface area contributed by atoms with Gasteiger partial charge in [-0.25, -0.2) is 4.98 Å². The lowest BCUT2D eigenvalue weighted by molar-refractivity contribution is 0.303. The minimum absolute atomic E-state index is 0.461. The molecular weight excluding hydrogens is 334 g/mol. The van der Waals surface area contributed by atoms with Crippen LogP contribution in [0.3, 0.4) is 0 Å². The standard InChI is InChI=1S/C13H13BrClNOS/c1-8-9(2)18-12(16-8)7-17-13-10(6-14)4-3-5-11(13)15/h3-5H,6-7H2,1-2H3. The van der Waals surface area contributed by atoms with Gasteiger partial charge in [-0.15, -0.1) is 11.3 Å². The van der Waals surface area contributed by atoms with E-state index in [2.05, 4.69) is 27.8 Å². The number of hydrogen-bond donors (Lipinski definition) is 0. The van der Waals surface area contributed by atoms with Gasteiger partial charge in [0.2, 0.25) is 0 Å². The Labute approximate surface area is 124 Å². The van der Waals surface area contributed by atoms with E-state index in [-0.39, 0.29) is 0 Å². The zero-order valence-corrected chi connectivity index (χ0v) is 13.3. The third-order valence-electron chi connectivity index (χ3n) is 2.61. The molecule has 0 amide bonds. The molecule has 0 saturated heterocycles. The Morgan fingerprint density at radius 2 is 2.17 bits per heavy atom. The summed E-state index contributed by atoms with van der Waals surface area (Å²) in [6.45, 7) is 4.54. The molecule has 0 aliphatic heterocycles. The van der Waals surface area contributed by atoms with E-state index in [0.29, 0.717) is 11.6 Å². The lowest BCUT2D eigenvalue weighted by Gasteiger charge is -2.10. The molecule has 0 bridgehead atoms. The molecule has 0 N–H and O–H groups in total. The Morgan fingerprint density at radius 3 is 2.78 bits per heavy atom. The van der Waals surface area contributed by atoms with Crippen molar-refractivity contribution >= 4 is 38.9 Å². The van der Waals surface area contributed by atoms with Crippen molar-refractivity contribution in [3.63, 3.8) is 0 Å². The number of rotatable bonds is 4. The first-order valence-electron chi connectivity index (χ1n) is 5.51. The van der Waals surface area contributed by atoms with Gasteiger partial charge in [0.1, 0.15) is 17.4 Å². The summed E-state index contributed by atoms with van der Waals surface area (Å²) >= 11 is 11.2. The molecule has 0 spiro atoms. The fourth-order valence-corrected chi connectivity index (χ4v) is 3.09. The maximum Gasteiger partial charge on any atom is 0.142 e. The van der Waals surface area contributed by atoms with Crippen molar-refractivity contribution in [3.8, 4) is 5.75 Å². The number of benzene rings is 1. The van der Waals surface area contributed by atoms with Crippen LogP contribution in [0, 0.1) is 13.8 Å². The van der Waals surface area contributed by atoms with Crippen LogP contribution in [0.15, 0.2) is 18.2 Å². The van der Waals surface area contributed by atoms with Crippen LogP contribution in [0.4, 0.5) is 0 Å². The summed E-state index contributed by atoms with van der Waals surface area (Å²) in [7, 11) is 0. The van der Waals surface area contributed by atoms with Crippen LogP contribution in [-0.2, 0) is 11.9 Å². The van der Waals surface area contributed by atoms with E-state index < -0.39 is 0 Å². The van der Waals surface area contributed by atoms with Crippen LogP contribution in [0.1, 0.15) is 21.1 Å². The zero-order valence-electron chi connectivity index (χ0n) is 10.2. The number of halogens is 2. The van der Waals surface area contributed by atoms with E-state index in [1.807, 2.05) is 25.1 Å². The second-order valence-corrected chi connectivity index (χ2v) is 6.16. The van der Waals surface area contributed by atoms with Crippen molar-refractivity contribution in [1.29, 1.82) is 0 Å². The highest BCUT2D eigenvalue weighted by Gasteiger charge is 2.10. The van der Waals surface area contributed by atoms with Crippen molar-refractivity contribution in [2.24, 2.45) is 0 Å². The van der Waals surface area contributed by atoms with Gasteiger partial charge in [-0.2, -0.15) is 0 Å². The molecule has 1 aromatic heterocycles. The Bertz CT molecular complexity index is 536. The zero-order chi connectivity index (χ0) is 13.1. The molecular formula is C13H13BrClNOS. The molecule has 0 atom stereocenters. The molecule has 0 aliphatic rings. The first-order chi connectivity index (χ1) is 8.61. The van der Waals surface area contributed by atoms with E-state index in [1.165, 1.54) is 4.88 Å². The number of aromatic nitrogens is 1. The van der Waals surface area contributed by atoms with Crippen LogP contribution in [0.2, 0.25) is 5.02 Å². The smallest absolute Gasteiger partial charge is 0.142 e. The predicted octanol–water partition coefficient (Wildman–Crippen LogP) is 4.89. The van der Waals surface area contributed by atoms with Crippen molar-refractivity contribution in [2.75, 3.05) is 0 Å². The van der Waals surface area contributed by atoms with Crippen molar-refractivity contribution in [3.05, 3.63) is 44.4 Å². The Balaban J connectivity index is 2.15. The average molecular weight is 347 g/mol. The fraction of sp³-hybridized carbons (Fsp3) is 0.308. The Hall–Kier alpha value is -0.580. The molecule has 0 fully saturated rings. The maximum absolute atomic E-state index is 6.15. The highest BCUT2D eigenvalue weighted by molar-refractivity contribution is 9.08. The second-order valence-electron chi connectivity index (χ2n) is 3.90. The number of para-hydroxylation sites is 1. The van der Waals surface area contributed by atoms with Gasteiger partial charge in [0.15, 0.2) is 0 Å². The molecule has 5 heteroatoms. The third-order valence-corrected chi connectivity index (χ3v) is 4.55. The highest BCUT2D eigenvalue weighted by atomic mass is 79.9. The summed E-state index contributed by atoms with van der Waals surface area (Å²) in [5, 5.41) is 2.33. The SMILES string of the molecule is Cc1nc(COc2c(Cl)cccc2CBr)sc1C. The quantitative estimate of drug-likeness (QED) is 0.736. The summed E-state index contributed by atoms with van der Waals surface area (Å²) in [5.41, 5.74) is 2.12. The average Bonchev–Trinajstić information content (AvgIpc) is 2.67. The van der Waals surface area contributed by atoms with Gasteiger partial charge in [0.25, 0.3) is 0 Å². The summed E-state index contributed by atoms with van der Waals surface area (Å²) in [5.74, 6) is 0.738. The maximum atomic E-state index is 6.15. The molecule has 1 heterocycles. The number of hydrogen-bond acceptors (Lipinski definition) is 3. The van der Waals surface area contributed by atoms with Crippen molar-refractivity contribution in [2.45, 2.75) is 25.8 Å². The summed E-state index contributed by atoms with van der Waals surface area (Å²) in [6, 6.07) is 5.75. The number of alkyl halides is 1. The summed E-state index contributed by atoms with van der Waals surface area (Å²) in [4.78, 5) is 5.68. The van der Waals surface area contributed by atoms with Crippen molar-refractivity contribution < 1.29 is 4.74 Å². The van der Waals surface area contributed by atoms with Crippen LogP contribution >= 0.6 is 38.9 Å². The molecule has 0 saturated carbocycles. The molecule has 1 aromatic carbocycles. The first kappa shape index (κ1) is 13.8. The monoisotopic (exact) mass is 345 g/mol. The number of thiazole rings is 1. The minimum Gasteiger partial charge on any atom is -0.485 e. The third kappa shape index (κ3) is 3.05. The van der Waals surface area contributed by atoms with E-state index in [0.717, 1.165) is 27.3 Å². The van der Waals surface area contributed by atoms with E-state index in [4.69, 9.17) is 16.3 Å². The number of nitrogens with zero attached hydrogens (tertiary/aromatic N) is 1. The molecule has 0 unspecified atom stereocenters. The number of ether oxygens (including phenoxy) is 1. The minimum atomic E-state index is 0.461. The van der Waals surface area contributed by atoms with Gasteiger partial charge in [0.05, 0.1) is 10.7 Å². The fourth-order valence-electron chi connectivity index (χ4n) is 1.56. The van der Waals surface area contributed by atoms with Gasteiger partial charge in [-0.1, -0.05) is 39.7 Å². The number of aryl methyl sites for hydroxylation is 2. The molecule has 18 heavy (non-hydrogen) atoms. The summed E-state index contributed by atoms with van der Waals surface area (Å²) in [6.07, 6.45) is 0. The molecule has 0 radical (unpaired) electrons. The topological polar surface area (TPSA) is 22.1 Å². The predicted molar refractivity (Wildman–Crippen MR) is 80.0 cm³/mol. The van der Waals surface area contributed by atoms with Gasteiger partial charge in [0, 0.05) is 15.8 Å². The first-order valence-corrected chi connectivity index (χ1v) is 7.82. The van der Waals surface area contributed by atoms with Crippen LogP contribution < -0.4 is 4.74 Å². The molecule has 2 nitrogen and oxygen atoms in total. The van der Waals surface area contributed by atoms with Gasteiger partial charge in [-0.3, -0.25) is 0 Å². The van der Waals surface area contributed by atoms with Crippen molar-refractivity contribution in [1.82, 2.24) is 4.98 Å². The normalized spacial score (nSPS) is 10.7. The Morgan fingerprint density at radius 1 is 1.39 bits per heavy atom. The second kappa shape index (κ2) is 6.04. The van der Waals surface area contributed by atoms with E-state index in [9.17, 15) is 0 Å².